The summed E-state index contributed by atoms with van der Waals surface area (Å²) in [6, 6.07) is 10.9. The third-order valence-corrected chi connectivity index (χ3v) is 7.49. The minimum atomic E-state index is -2.94. The molecule has 5 heterocycles. The lowest BCUT2D eigenvalue weighted by molar-refractivity contribution is -0.0506. The van der Waals surface area contributed by atoms with Gasteiger partial charge in [-0.05, 0) is 44.5 Å². The van der Waals surface area contributed by atoms with Crippen LogP contribution < -0.4 is 4.74 Å². The molecule has 0 radical (unpaired) electrons. The average molecular weight is 515 g/mol. The van der Waals surface area contributed by atoms with E-state index in [1.165, 1.54) is 0 Å². The van der Waals surface area contributed by atoms with E-state index >= 15 is 0 Å². The molecule has 8 nitrogen and oxygen atoms in total. The maximum absolute atomic E-state index is 13.5. The lowest BCUT2D eigenvalue weighted by Gasteiger charge is -2.22. The smallest absolute Gasteiger partial charge is 0.387 e. The molecular formula is C28H24F2N6O2. The van der Waals surface area contributed by atoms with Crippen molar-refractivity contribution in [3.63, 3.8) is 0 Å². The zero-order chi connectivity index (χ0) is 26.3. The highest BCUT2D eigenvalue weighted by Gasteiger charge is 2.43. The molecule has 2 aliphatic heterocycles. The van der Waals surface area contributed by atoms with Gasteiger partial charge in [-0.1, -0.05) is 18.2 Å². The fourth-order valence-electron chi connectivity index (χ4n) is 5.89. The number of imidazole rings is 2. The standard InChI is InChI=1S/C28H24F2N6O2/c1-14-31-13-22-17-5-4-6-23(38-27(29)30)24(17)20-10-21(35(14)22)25-34-18-8-7-15(9-19(18)36(20)25)16-11-32-26(33-12-16)28(2,3)37/h4-9,11-13,20-21,27,37H,10H2,1-3H3/t20-,21-/m1/s1. The molecule has 192 valence electrons. The summed E-state index contributed by atoms with van der Waals surface area (Å²) >= 11 is 0. The first-order chi connectivity index (χ1) is 18.2. The van der Waals surface area contributed by atoms with Gasteiger partial charge in [-0.3, -0.25) is 0 Å². The van der Waals surface area contributed by atoms with Crippen molar-refractivity contribution in [2.24, 2.45) is 0 Å². The Morgan fingerprint density at radius 2 is 1.79 bits per heavy atom. The van der Waals surface area contributed by atoms with Crippen LogP contribution in [0.4, 0.5) is 8.78 Å². The Morgan fingerprint density at radius 1 is 1.00 bits per heavy atom. The fourth-order valence-corrected chi connectivity index (χ4v) is 5.89. The Labute approximate surface area is 216 Å². The zero-order valence-corrected chi connectivity index (χ0v) is 20.9. The minimum Gasteiger partial charge on any atom is -0.434 e. The first-order valence-corrected chi connectivity index (χ1v) is 12.4. The summed E-state index contributed by atoms with van der Waals surface area (Å²) in [4.78, 5) is 18.3. The predicted molar refractivity (Wildman–Crippen MR) is 136 cm³/mol. The Hall–Kier alpha value is -4.18. The molecule has 38 heavy (non-hydrogen) atoms. The van der Waals surface area contributed by atoms with Gasteiger partial charge < -0.3 is 19.0 Å². The van der Waals surface area contributed by atoms with Gasteiger partial charge in [-0.25, -0.2) is 19.9 Å². The number of hydrogen-bond acceptors (Lipinski definition) is 6. The van der Waals surface area contributed by atoms with Crippen molar-refractivity contribution in [1.29, 1.82) is 0 Å². The third-order valence-electron chi connectivity index (χ3n) is 7.49. The minimum absolute atomic E-state index is 0.102. The summed E-state index contributed by atoms with van der Waals surface area (Å²) in [5, 5.41) is 10.2. The van der Waals surface area contributed by atoms with E-state index in [1.807, 2.05) is 31.2 Å². The van der Waals surface area contributed by atoms with Gasteiger partial charge in [0.05, 0.1) is 35.0 Å². The van der Waals surface area contributed by atoms with Gasteiger partial charge >= 0.3 is 6.61 Å². The molecule has 2 bridgehead atoms. The highest BCUT2D eigenvalue weighted by atomic mass is 19.3. The molecule has 0 amide bonds. The van der Waals surface area contributed by atoms with Gasteiger partial charge in [0.25, 0.3) is 0 Å². The normalized spacial score (nSPS) is 17.9. The summed E-state index contributed by atoms with van der Waals surface area (Å²) in [6.45, 7) is 2.29. The summed E-state index contributed by atoms with van der Waals surface area (Å²) in [5.41, 5.74) is 4.64. The average Bonchev–Trinajstić information content (AvgIpc) is 3.51. The number of hydrogen-bond donors (Lipinski definition) is 1. The van der Waals surface area contributed by atoms with Crippen LogP contribution in [0, 0.1) is 6.92 Å². The number of aryl methyl sites for hydroxylation is 1. The highest BCUT2D eigenvalue weighted by Crippen LogP contribution is 2.52. The summed E-state index contributed by atoms with van der Waals surface area (Å²) in [7, 11) is 0. The van der Waals surface area contributed by atoms with E-state index in [2.05, 4.69) is 24.1 Å². The lowest BCUT2D eigenvalue weighted by Crippen LogP contribution is -2.19. The number of alkyl halides is 2. The van der Waals surface area contributed by atoms with Crippen LogP contribution in [0.15, 0.2) is 55.0 Å². The van der Waals surface area contributed by atoms with Crippen LogP contribution >= 0.6 is 0 Å². The number of aliphatic hydroxyl groups is 1. The molecule has 1 N–H and O–H groups in total. The molecule has 0 unspecified atom stereocenters. The summed E-state index contributed by atoms with van der Waals surface area (Å²) < 4.78 is 36.3. The first kappa shape index (κ1) is 23.0. The van der Waals surface area contributed by atoms with Crippen molar-refractivity contribution in [3.8, 4) is 28.1 Å². The zero-order valence-electron chi connectivity index (χ0n) is 20.9. The fraction of sp³-hybridized carbons (Fsp3) is 0.286. The van der Waals surface area contributed by atoms with Gasteiger partial charge in [0.15, 0.2) is 5.82 Å². The number of aromatic nitrogens is 6. The van der Waals surface area contributed by atoms with Gasteiger partial charge in [0, 0.05) is 35.5 Å². The molecule has 3 aromatic heterocycles. The summed E-state index contributed by atoms with van der Waals surface area (Å²) in [6.07, 6.45) is 5.82. The van der Waals surface area contributed by atoms with E-state index in [1.54, 1.807) is 44.6 Å². The Balaban J connectivity index is 1.44. The lowest BCUT2D eigenvalue weighted by atomic mass is 9.96. The molecule has 0 aliphatic carbocycles. The predicted octanol–water partition coefficient (Wildman–Crippen LogP) is 5.39. The van der Waals surface area contributed by atoms with Crippen molar-refractivity contribution in [2.45, 2.75) is 51.5 Å². The number of nitrogens with zero attached hydrogens (tertiary/aromatic N) is 6. The highest BCUT2D eigenvalue weighted by molar-refractivity contribution is 5.84. The maximum Gasteiger partial charge on any atom is 0.387 e. The molecule has 2 aromatic carbocycles. The van der Waals surface area contributed by atoms with Crippen molar-refractivity contribution in [3.05, 3.63) is 78.0 Å². The quantitative estimate of drug-likeness (QED) is 0.346. The molecule has 2 atom stereocenters. The SMILES string of the molecule is Cc1ncc2n1[C@@H]1C[C@H](c3c(OC(F)F)cccc3-2)n2c1nc1ccc(-c3cnc(C(C)(C)O)nc3)cc12. The van der Waals surface area contributed by atoms with Crippen molar-refractivity contribution >= 4 is 11.0 Å². The number of rotatable bonds is 4. The van der Waals surface area contributed by atoms with Crippen molar-refractivity contribution in [2.75, 3.05) is 0 Å². The van der Waals surface area contributed by atoms with E-state index in [-0.39, 0.29) is 17.8 Å². The second kappa shape index (κ2) is 7.91. The number of fused-ring (bicyclic) bond motifs is 6. The van der Waals surface area contributed by atoms with Crippen LogP contribution in [0.25, 0.3) is 33.4 Å². The molecule has 0 fully saturated rings. The van der Waals surface area contributed by atoms with Crippen LogP contribution in [0.1, 0.15) is 55.4 Å². The molecule has 5 aromatic rings. The first-order valence-electron chi connectivity index (χ1n) is 12.4. The largest absolute Gasteiger partial charge is 0.434 e. The molecule has 0 saturated heterocycles. The van der Waals surface area contributed by atoms with Crippen LogP contribution in [0.2, 0.25) is 0 Å². The second-order valence-electron chi connectivity index (χ2n) is 10.3. The number of benzene rings is 2. The third kappa shape index (κ3) is 3.29. The molecule has 7 rings (SSSR count). The maximum atomic E-state index is 13.5. The topological polar surface area (TPSA) is 90.9 Å². The van der Waals surface area contributed by atoms with Gasteiger partial charge in [0.1, 0.15) is 23.0 Å². The van der Waals surface area contributed by atoms with Crippen LogP contribution in [-0.4, -0.2) is 40.8 Å². The monoisotopic (exact) mass is 514 g/mol. The van der Waals surface area contributed by atoms with Crippen LogP contribution in [0.3, 0.4) is 0 Å². The van der Waals surface area contributed by atoms with E-state index < -0.39 is 12.2 Å². The molecule has 0 saturated carbocycles. The van der Waals surface area contributed by atoms with E-state index in [4.69, 9.17) is 9.72 Å². The Bertz CT molecular complexity index is 1720. The van der Waals surface area contributed by atoms with Crippen LogP contribution in [0.5, 0.6) is 5.75 Å². The molecule has 2 aliphatic rings. The number of ether oxygens (including phenoxy) is 1. The summed E-state index contributed by atoms with van der Waals surface area (Å²) in [5.74, 6) is 2.19. The van der Waals surface area contributed by atoms with E-state index in [9.17, 15) is 13.9 Å². The van der Waals surface area contributed by atoms with Gasteiger partial charge in [-0.2, -0.15) is 8.78 Å². The molecule has 10 heteroatoms. The molecular weight excluding hydrogens is 490 g/mol. The second-order valence-corrected chi connectivity index (χ2v) is 10.3. The van der Waals surface area contributed by atoms with E-state index in [0.717, 1.165) is 45.1 Å². The van der Waals surface area contributed by atoms with Crippen molar-refractivity contribution in [1.82, 2.24) is 29.1 Å². The molecule has 0 spiro atoms. The van der Waals surface area contributed by atoms with E-state index in [0.29, 0.717) is 17.8 Å². The van der Waals surface area contributed by atoms with Crippen molar-refractivity contribution < 1.29 is 18.6 Å². The Morgan fingerprint density at radius 3 is 2.53 bits per heavy atom. The van der Waals surface area contributed by atoms with Gasteiger partial charge in [-0.15, -0.1) is 0 Å². The van der Waals surface area contributed by atoms with Crippen LogP contribution in [-0.2, 0) is 5.60 Å². The van der Waals surface area contributed by atoms with Gasteiger partial charge in [0.2, 0.25) is 0 Å². The Kier molecular flexibility index (Phi) is 4.78. The number of halogens is 2.